The molecule has 13 heavy (non-hydrogen) atoms. The number of thioether (sulfide) groups is 1. The Morgan fingerprint density at radius 3 is 2.85 bits per heavy atom. The molecule has 78 valence electrons. The molecule has 0 aromatic carbocycles. The summed E-state index contributed by atoms with van der Waals surface area (Å²) in [6.07, 6.45) is 4.23. The Morgan fingerprint density at radius 2 is 2.31 bits per heavy atom. The topological polar surface area (TPSA) is 49.3 Å². The quantitative estimate of drug-likeness (QED) is 0.591. The zero-order valence-corrected chi connectivity index (χ0v) is 9.19. The zero-order chi connectivity index (χ0) is 10.1. The lowest BCUT2D eigenvalue weighted by Crippen LogP contribution is -2.27. The van der Waals surface area contributed by atoms with Crippen molar-refractivity contribution in [3.8, 4) is 0 Å². The monoisotopic (exact) mass is 205 g/mol. The molecule has 4 heteroatoms. The van der Waals surface area contributed by atoms with E-state index < -0.39 is 5.97 Å². The Hall–Kier alpha value is -0.220. The van der Waals surface area contributed by atoms with Crippen LogP contribution >= 0.6 is 11.8 Å². The summed E-state index contributed by atoms with van der Waals surface area (Å²) in [7, 11) is 0. The van der Waals surface area contributed by atoms with Crippen LogP contribution in [0, 0.1) is 0 Å². The van der Waals surface area contributed by atoms with Gasteiger partial charge in [0.25, 0.3) is 0 Å². The fourth-order valence-corrected chi connectivity index (χ4v) is 1.57. The number of carbonyl (C=O) groups is 1. The maximum atomic E-state index is 10.2. The molecule has 0 aromatic rings. The molecular formula is C9H19NO2S. The number of nitrogens with one attached hydrogen (secondary N) is 1. The van der Waals surface area contributed by atoms with Gasteiger partial charge in [0.1, 0.15) is 0 Å². The lowest BCUT2D eigenvalue weighted by molar-refractivity contribution is -0.137. The van der Waals surface area contributed by atoms with Gasteiger partial charge in [0.15, 0.2) is 0 Å². The largest absolute Gasteiger partial charge is 0.481 e. The third-order valence-corrected chi connectivity index (χ3v) is 2.46. The van der Waals surface area contributed by atoms with Crippen LogP contribution in [-0.2, 0) is 4.79 Å². The van der Waals surface area contributed by atoms with Crippen LogP contribution in [0.1, 0.15) is 26.2 Å². The standard InChI is InChI=1S/C9H19NO2S/c1-8(5-7-13-2)10-6-3-4-9(11)12/h8,10H,3-7H2,1-2H3,(H,11,12). The molecule has 0 fully saturated rings. The van der Waals surface area contributed by atoms with Gasteiger partial charge < -0.3 is 10.4 Å². The summed E-state index contributed by atoms with van der Waals surface area (Å²) in [6, 6.07) is 0.501. The molecule has 0 saturated heterocycles. The van der Waals surface area contributed by atoms with Gasteiger partial charge in [-0.2, -0.15) is 11.8 Å². The Bertz CT molecular complexity index is 142. The van der Waals surface area contributed by atoms with Crippen LogP contribution in [0.5, 0.6) is 0 Å². The van der Waals surface area contributed by atoms with Crippen molar-refractivity contribution in [1.82, 2.24) is 5.32 Å². The van der Waals surface area contributed by atoms with Gasteiger partial charge in [-0.1, -0.05) is 0 Å². The van der Waals surface area contributed by atoms with Gasteiger partial charge in [-0.15, -0.1) is 0 Å². The van der Waals surface area contributed by atoms with Crippen LogP contribution in [0.15, 0.2) is 0 Å². The Morgan fingerprint density at radius 1 is 1.62 bits per heavy atom. The highest BCUT2D eigenvalue weighted by atomic mass is 32.2. The molecule has 0 heterocycles. The molecule has 3 nitrogen and oxygen atoms in total. The summed E-state index contributed by atoms with van der Waals surface area (Å²) in [5.41, 5.74) is 0. The van der Waals surface area contributed by atoms with Crippen LogP contribution in [-0.4, -0.2) is 35.7 Å². The molecule has 0 spiro atoms. The summed E-state index contributed by atoms with van der Waals surface area (Å²) in [5, 5.41) is 11.7. The third kappa shape index (κ3) is 9.70. The molecule has 0 rings (SSSR count). The average molecular weight is 205 g/mol. The highest BCUT2D eigenvalue weighted by Crippen LogP contribution is 1.99. The second-order valence-corrected chi connectivity index (χ2v) is 4.12. The molecule has 1 atom stereocenters. The van der Waals surface area contributed by atoms with Crippen molar-refractivity contribution in [2.24, 2.45) is 0 Å². The molecular weight excluding hydrogens is 186 g/mol. The number of hydrogen-bond donors (Lipinski definition) is 2. The van der Waals surface area contributed by atoms with E-state index in [0.29, 0.717) is 6.04 Å². The maximum Gasteiger partial charge on any atom is 0.303 e. The van der Waals surface area contributed by atoms with E-state index in [4.69, 9.17) is 5.11 Å². The van der Waals surface area contributed by atoms with Crippen molar-refractivity contribution in [3.63, 3.8) is 0 Å². The number of aliphatic carboxylic acids is 1. The second-order valence-electron chi connectivity index (χ2n) is 3.13. The molecule has 0 amide bonds. The predicted octanol–water partition coefficient (Wildman–Crippen LogP) is 1.58. The van der Waals surface area contributed by atoms with E-state index in [1.165, 1.54) is 0 Å². The molecule has 0 aliphatic carbocycles. The van der Waals surface area contributed by atoms with Gasteiger partial charge in [0.2, 0.25) is 0 Å². The Balaban J connectivity index is 3.16. The number of hydrogen-bond acceptors (Lipinski definition) is 3. The van der Waals surface area contributed by atoms with E-state index >= 15 is 0 Å². The van der Waals surface area contributed by atoms with Crippen LogP contribution < -0.4 is 5.32 Å². The minimum absolute atomic E-state index is 0.266. The minimum Gasteiger partial charge on any atom is -0.481 e. The summed E-state index contributed by atoms with van der Waals surface area (Å²) in [6.45, 7) is 2.94. The highest BCUT2D eigenvalue weighted by Gasteiger charge is 2.00. The van der Waals surface area contributed by atoms with Gasteiger partial charge in [-0.3, -0.25) is 4.79 Å². The average Bonchev–Trinajstić information content (AvgIpc) is 2.08. The third-order valence-electron chi connectivity index (χ3n) is 1.82. The van der Waals surface area contributed by atoms with Crippen molar-refractivity contribution in [1.29, 1.82) is 0 Å². The normalized spacial score (nSPS) is 12.8. The highest BCUT2D eigenvalue weighted by molar-refractivity contribution is 7.98. The van der Waals surface area contributed by atoms with E-state index in [1.54, 1.807) is 0 Å². The fraction of sp³-hybridized carbons (Fsp3) is 0.889. The summed E-state index contributed by atoms with van der Waals surface area (Å²) < 4.78 is 0. The maximum absolute atomic E-state index is 10.2. The zero-order valence-electron chi connectivity index (χ0n) is 8.38. The molecule has 0 radical (unpaired) electrons. The number of rotatable bonds is 8. The summed E-state index contributed by atoms with van der Waals surface area (Å²) in [4.78, 5) is 10.2. The SMILES string of the molecule is CSCCC(C)NCCCC(=O)O. The first-order chi connectivity index (χ1) is 6.16. The lowest BCUT2D eigenvalue weighted by Gasteiger charge is -2.11. The molecule has 0 saturated carbocycles. The molecule has 0 aromatic heterocycles. The first kappa shape index (κ1) is 12.8. The first-order valence-electron chi connectivity index (χ1n) is 4.61. The summed E-state index contributed by atoms with van der Waals surface area (Å²) >= 11 is 1.84. The van der Waals surface area contributed by atoms with Crippen molar-refractivity contribution in [2.45, 2.75) is 32.2 Å². The van der Waals surface area contributed by atoms with Gasteiger partial charge in [-0.05, 0) is 38.3 Å². The van der Waals surface area contributed by atoms with Crippen molar-refractivity contribution in [3.05, 3.63) is 0 Å². The van der Waals surface area contributed by atoms with E-state index in [2.05, 4.69) is 18.5 Å². The molecule has 1 unspecified atom stereocenters. The summed E-state index contributed by atoms with van der Waals surface area (Å²) in [5.74, 6) is 0.450. The van der Waals surface area contributed by atoms with E-state index in [0.717, 1.165) is 25.1 Å². The molecule has 2 N–H and O–H groups in total. The molecule has 0 aliphatic heterocycles. The Labute approximate surface area is 84.3 Å². The van der Waals surface area contributed by atoms with Crippen molar-refractivity contribution >= 4 is 17.7 Å². The smallest absolute Gasteiger partial charge is 0.303 e. The first-order valence-corrected chi connectivity index (χ1v) is 6.00. The van der Waals surface area contributed by atoms with Crippen LogP contribution in [0.3, 0.4) is 0 Å². The second kappa shape index (κ2) is 8.38. The van der Waals surface area contributed by atoms with Gasteiger partial charge in [-0.25, -0.2) is 0 Å². The Kier molecular flexibility index (Phi) is 8.24. The molecule has 0 bridgehead atoms. The van der Waals surface area contributed by atoms with Gasteiger partial charge >= 0.3 is 5.97 Å². The van der Waals surface area contributed by atoms with Crippen LogP contribution in [0.2, 0.25) is 0 Å². The molecule has 0 aliphatic rings. The number of carboxylic acids is 1. The van der Waals surface area contributed by atoms with Gasteiger partial charge in [0.05, 0.1) is 0 Å². The van der Waals surface area contributed by atoms with Crippen molar-refractivity contribution in [2.75, 3.05) is 18.6 Å². The minimum atomic E-state index is -0.710. The van der Waals surface area contributed by atoms with E-state index in [9.17, 15) is 4.79 Å². The lowest BCUT2D eigenvalue weighted by atomic mass is 10.2. The van der Waals surface area contributed by atoms with Crippen LogP contribution in [0.25, 0.3) is 0 Å². The van der Waals surface area contributed by atoms with Crippen molar-refractivity contribution < 1.29 is 9.90 Å². The van der Waals surface area contributed by atoms with Gasteiger partial charge in [0, 0.05) is 12.5 Å². The van der Waals surface area contributed by atoms with E-state index in [1.807, 2.05) is 11.8 Å². The number of carboxylic acid groups (broad SMARTS) is 1. The van der Waals surface area contributed by atoms with Crippen LogP contribution in [0.4, 0.5) is 0 Å². The predicted molar refractivity (Wildman–Crippen MR) is 57.3 cm³/mol. The van der Waals surface area contributed by atoms with E-state index in [-0.39, 0.29) is 6.42 Å². The fourth-order valence-electron chi connectivity index (χ4n) is 0.985.